The number of carboxylic acid groups (broad SMARTS) is 1. The van der Waals surface area contributed by atoms with Gasteiger partial charge in [-0.05, 0) is 57.0 Å². The zero-order valence-corrected chi connectivity index (χ0v) is 21.0. The average Bonchev–Trinajstić information content (AvgIpc) is 2.78. The van der Waals surface area contributed by atoms with Crippen molar-refractivity contribution in [3.63, 3.8) is 0 Å². The van der Waals surface area contributed by atoms with Crippen molar-refractivity contribution >= 4 is 33.5 Å². The molecule has 15 heteroatoms. The summed E-state index contributed by atoms with van der Waals surface area (Å²) in [4.78, 5) is 22.8. The molecule has 1 aliphatic rings. The van der Waals surface area contributed by atoms with Gasteiger partial charge >= 0.3 is 18.2 Å². The second-order valence-electron chi connectivity index (χ2n) is 8.95. The summed E-state index contributed by atoms with van der Waals surface area (Å²) in [7, 11) is -4.52. The minimum Gasteiger partial charge on any atom is -0.483 e. The minimum atomic E-state index is -4.91. The number of hydrogen-bond donors (Lipinski definition) is 2. The number of aryl methyl sites for hydroxylation is 1. The quantitative estimate of drug-likeness (QED) is 0.453. The Bertz CT molecular complexity index is 1360. The third kappa shape index (κ3) is 6.09. The van der Waals surface area contributed by atoms with Crippen LogP contribution in [0.25, 0.3) is 0 Å². The first-order valence-corrected chi connectivity index (χ1v) is 12.4. The van der Waals surface area contributed by atoms with Crippen molar-refractivity contribution in [1.29, 1.82) is 0 Å². The number of rotatable bonds is 7. The summed E-state index contributed by atoms with van der Waals surface area (Å²) < 4.78 is 106. The van der Waals surface area contributed by atoms with Crippen LogP contribution < -0.4 is 14.4 Å². The maximum Gasteiger partial charge on any atom is 0.427 e. The van der Waals surface area contributed by atoms with Gasteiger partial charge in [-0.25, -0.2) is 22.0 Å². The van der Waals surface area contributed by atoms with E-state index < -0.39 is 81.7 Å². The molecule has 1 amide bonds. The number of carboxylic acids is 1. The van der Waals surface area contributed by atoms with Crippen LogP contribution in [0.3, 0.4) is 0 Å². The first-order valence-electron chi connectivity index (χ1n) is 11.0. The van der Waals surface area contributed by atoms with E-state index in [-0.39, 0.29) is 16.9 Å². The average molecular weight is 567 g/mol. The molecule has 1 heterocycles. The van der Waals surface area contributed by atoms with Crippen LogP contribution in [0.15, 0.2) is 35.2 Å². The third-order valence-corrected chi connectivity index (χ3v) is 7.40. The molecule has 0 radical (unpaired) electrons. The van der Waals surface area contributed by atoms with E-state index >= 15 is 4.39 Å². The lowest BCUT2D eigenvalue weighted by Gasteiger charge is -2.36. The number of fused-ring (bicyclic) bond motifs is 1. The van der Waals surface area contributed by atoms with Crippen LogP contribution in [0.2, 0.25) is 0 Å². The zero-order valence-electron chi connectivity index (χ0n) is 20.2. The number of nitrogens with one attached hydrogen (secondary N) is 1. The highest BCUT2D eigenvalue weighted by Crippen LogP contribution is 2.42. The monoisotopic (exact) mass is 566 g/mol. The van der Waals surface area contributed by atoms with Crippen molar-refractivity contribution in [3.8, 4) is 5.75 Å². The number of nitrogens with zero attached hydrogens (tertiary/aromatic N) is 1. The fourth-order valence-corrected chi connectivity index (χ4v) is 5.02. The summed E-state index contributed by atoms with van der Waals surface area (Å²) in [5.41, 5.74) is -3.77. The number of alkyl halides is 3. The molecule has 1 unspecified atom stereocenters. The number of carbonyl (C=O) groups excluding carboxylic acids is 1. The molecule has 2 aromatic rings. The molecule has 9 nitrogen and oxygen atoms in total. The number of anilines is 2. The molecule has 0 aliphatic carbocycles. The number of halogens is 5. The highest BCUT2D eigenvalue weighted by molar-refractivity contribution is 7.92. The molecule has 0 bridgehead atoms. The Kier molecular flexibility index (Phi) is 7.82. The predicted octanol–water partition coefficient (Wildman–Crippen LogP) is 4.98. The topological polar surface area (TPSA) is 122 Å². The number of amides is 1. The lowest BCUT2D eigenvalue weighted by molar-refractivity contribution is -0.242. The second-order valence-corrected chi connectivity index (χ2v) is 10.8. The van der Waals surface area contributed by atoms with Crippen LogP contribution in [0, 0.1) is 18.6 Å². The summed E-state index contributed by atoms with van der Waals surface area (Å²) in [6.45, 7) is 2.05. The van der Waals surface area contributed by atoms with Gasteiger partial charge in [0.15, 0.2) is 11.6 Å². The molecule has 38 heavy (non-hydrogen) atoms. The number of sulfonamides is 1. The van der Waals surface area contributed by atoms with Gasteiger partial charge in [-0.2, -0.15) is 13.2 Å². The van der Waals surface area contributed by atoms with Gasteiger partial charge in [0.05, 0.1) is 17.1 Å². The fraction of sp³-hybridized carbons (Fsp3) is 0.391. The molecule has 1 aliphatic heterocycles. The first kappa shape index (κ1) is 28.9. The smallest absolute Gasteiger partial charge is 0.427 e. The number of aliphatic carboxylic acids is 1. The van der Waals surface area contributed by atoms with Crippen LogP contribution in [0.5, 0.6) is 5.75 Å². The van der Waals surface area contributed by atoms with E-state index in [1.54, 1.807) is 0 Å². The maximum atomic E-state index is 15.1. The van der Waals surface area contributed by atoms with Crippen LogP contribution >= 0.6 is 0 Å². The van der Waals surface area contributed by atoms with E-state index in [0.717, 1.165) is 24.3 Å². The lowest BCUT2D eigenvalue weighted by Crippen LogP contribution is -2.44. The van der Waals surface area contributed by atoms with E-state index in [2.05, 4.69) is 4.74 Å². The normalized spacial score (nSPS) is 15.9. The van der Waals surface area contributed by atoms with Gasteiger partial charge in [0.2, 0.25) is 5.60 Å². The van der Waals surface area contributed by atoms with Crippen LogP contribution in [0.4, 0.5) is 38.1 Å². The van der Waals surface area contributed by atoms with Gasteiger partial charge < -0.3 is 14.6 Å². The zero-order chi connectivity index (χ0) is 28.6. The standard InChI is InChI=1S/C23H23F5N2O7S/c1-12-8-15(5-6-16(12)24)38(34,35)30-11-14(4-7-19(31)32)36-20-17(25)9-13(10-18(20)30)29-21(33)37-22(2,3)23(26,27)28/h5-6,8-10,14H,4,7,11H2,1-3H3,(H,29,33)(H,31,32). The Labute approximate surface area is 214 Å². The molecule has 2 aromatic carbocycles. The van der Waals surface area contributed by atoms with Crippen LogP contribution in [0.1, 0.15) is 32.3 Å². The Balaban J connectivity index is 2.04. The van der Waals surface area contributed by atoms with Crippen LogP contribution in [-0.2, 0) is 19.6 Å². The van der Waals surface area contributed by atoms with Gasteiger partial charge in [-0.15, -0.1) is 0 Å². The number of benzene rings is 2. The van der Waals surface area contributed by atoms with Gasteiger partial charge in [0.1, 0.15) is 11.9 Å². The first-order chi connectivity index (χ1) is 17.4. The van der Waals surface area contributed by atoms with Crippen molar-refractivity contribution in [3.05, 3.63) is 47.5 Å². The van der Waals surface area contributed by atoms with Gasteiger partial charge in [-0.1, -0.05) is 0 Å². The molecule has 3 rings (SSSR count). The van der Waals surface area contributed by atoms with E-state index in [1.165, 1.54) is 6.92 Å². The molecular weight excluding hydrogens is 543 g/mol. The Morgan fingerprint density at radius 2 is 1.82 bits per heavy atom. The van der Waals surface area contributed by atoms with E-state index in [0.29, 0.717) is 24.2 Å². The van der Waals surface area contributed by atoms with Gasteiger partial charge in [0.25, 0.3) is 10.0 Å². The highest BCUT2D eigenvalue weighted by atomic mass is 32.2. The molecule has 0 fully saturated rings. The second kappa shape index (κ2) is 10.3. The van der Waals surface area contributed by atoms with Gasteiger partial charge in [-0.3, -0.25) is 14.4 Å². The Hall–Kier alpha value is -3.62. The van der Waals surface area contributed by atoms with E-state index in [1.807, 2.05) is 5.32 Å². The highest BCUT2D eigenvalue weighted by Gasteiger charge is 2.51. The summed E-state index contributed by atoms with van der Waals surface area (Å²) in [6.07, 6.45) is -8.22. The summed E-state index contributed by atoms with van der Waals surface area (Å²) in [5.74, 6) is -3.67. The SMILES string of the molecule is Cc1cc(S(=O)(=O)N2CC(CCC(=O)O)Oc3c(F)cc(NC(=O)OC(C)(C)C(F)(F)F)cc32)ccc1F. The largest absolute Gasteiger partial charge is 0.483 e. The van der Waals surface area contributed by atoms with E-state index in [4.69, 9.17) is 9.84 Å². The summed E-state index contributed by atoms with van der Waals surface area (Å²) >= 11 is 0. The number of carbonyl (C=O) groups is 2. The molecule has 1 atom stereocenters. The molecule has 0 spiro atoms. The maximum absolute atomic E-state index is 15.1. The number of ether oxygens (including phenoxy) is 2. The van der Waals surface area contributed by atoms with Crippen molar-refractivity contribution in [2.45, 2.75) is 56.4 Å². The van der Waals surface area contributed by atoms with Gasteiger partial charge in [0, 0.05) is 18.2 Å². The molecule has 0 saturated carbocycles. The van der Waals surface area contributed by atoms with Crippen molar-refractivity contribution < 1.29 is 54.5 Å². The minimum absolute atomic E-state index is 0.00129. The molecule has 2 N–H and O–H groups in total. The third-order valence-electron chi connectivity index (χ3n) is 5.62. The van der Waals surface area contributed by atoms with Crippen molar-refractivity contribution in [1.82, 2.24) is 0 Å². The van der Waals surface area contributed by atoms with Crippen molar-refractivity contribution in [2.24, 2.45) is 0 Å². The molecular formula is C23H23F5N2O7S. The predicted molar refractivity (Wildman–Crippen MR) is 124 cm³/mol. The molecule has 208 valence electrons. The van der Waals surface area contributed by atoms with Crippen molar-refractivity contribution in [2.75, 3.05) is 16.2 Å². The summed E-state index contributed by atoms with van der Waals surface area (Å²) in [6, 6.07) is 4.56. The van der Waals surface area contributed by atoms with Crippen LogP contribution in [-0.4, -0.2) is 50.0 Å². The van der Waals surface area contributed by atoms with E-state index in [9.17, 15) is 35.6 Å². The fourth-order valence-electron chi connectivity index (χ4n) is 3.44. The Morgan fingerprint density at radius 1 is 1.16 bits per heavy atom. The number of hydrogen-bond acceptors (Lipinski definition) is 6. The Morgan fingerprint density at radius 3 is 2.39 bits per heavy atom. The summed E-state index contributed by atoms with van der Waals surface area (Å²) in [5, 5.41) is 10.9. The molecule has 0 aromatic heterocycles. The lowest BCUT2D eigenvalue weighted by atomic mass is 10.1. The molecule has 0 saturated heterocycles.